The molecule has 0 aromatic heterocycles. The quantitative estimate of drug-likeness (QED) is 0.198. The molecule has 0 atom stereocenters. The summed E-state index contributed by atoms with van der Waals surface area (Å²) in [5.74, 6) is 0. The molecule has 0 aliphatic rings. The van der Waals surface area contributed by atoms with Crippen LogP contribution < -0.4 is 5.73 Å². The summed E-state index contributed by atoms with van der Waals surface area (Å²) in [4.78, 5) is 0. The first kappa shape index (κ1) is 3.53. The molecule has 3 N–H and O–H groups in total. The number of rotatable bonds is 0. The van der Waals surface area contributed by atoms with E-state index >= 15 is 0 Å². The first-order chi connectivity index (χ1) is 1.73. The molecule has 0 saturated heterocycles. The van der Waals surface area contributed by atoms with Crippen molar-refractivity contribution in [2.75, 3.05) is 0 Å². The Bertz CT molecular complexity index is 29.0. The van der Waals surface area contributed by atoms with Crippen LogP contribution >= 0.6 is 0 Å². The summed E-state index contributed by atoms with van der Waals surface area (Å²) < 4.78 is 0. The van der Waals surface area contributed by atoms with Crippen LogP contribution in [0.2, 0.25) is 0 Å². The summed E-state index contributed by atoms with van der Waals surface area (Å²) in [6, 6.07) is 0. The van der Waals surface area contributed by atoms with Gasteiger partial charge in [0.25, 0.3) is 0 Å². The molecule has 3 heteroatoms. The van der Waals surface area contributed by atoms with Gasteiger partial charge in [0.05, 0.1) is 0 Å². The fourth-order valence-corrected chi connectivity index (χ4v) is 0. The zero-order chi connectivity index (χ0) is 3.58. The first-order valence-corrected chi connectivity index (χ1v) is 1.04. The average molecular weight is 55.9 g/mol. The van der Waals surface area contributed by atoms with Gasteiger partial charge in [-0.25, -0.2) is 0 Å². The fraction of sp³-hybridized carbons (Fsp3) is 0. The van der Waals surface area contributed by atoms with Crippen molar-refractivity contribution < 1.29 is 0 Å². The number of nitrogens with one attached hydrogen (secondary N) is 1. The summed E-state index contributed by atoms with van der Waals surface area (Å²) >= 11 is 0. The molecular formula is CH5BN2. The topological polar surface area (TPSA) is 49.9 Å². The van der Waals surface area contributed by atoms with Crippen LogP contribution in [0.4, 0.5) is 0 Å². The standard InChI is InChI=1S/CH5BN2/c2-1(3)4/h2H2,(H3,3,4). The maximum atomic E-state index is 6.28. The number of hydrogen-bond acceptors (Lipinski definition) is 1. The third-order valence-corrected chi connectivity index (χ3v) is 0. The lowest BCUT2D eigenvalue weighted by Gasteiger charge is -1.66. The highest BCUT2D eigenvalue weighted by atomic mass is 14.6. The van der Waals surface area contributed by atoms with Crippen LogP contribution in [0.5, 0.6) is 0 Å². The number of nitrogens with two attached hydrogens (primary N) is 1. The minimum atomic E-state index is 0.167. The van der Waals surface area contributed by atoms with Crippen molar-refractivity contribution in [2.45, 2.75) is 0 Å². The van der Waals surface area contributed by atoms with E-state index in [2.05, 4.69) is 0 Å². The van der Waals surface area contributed by atoms with Gasteiger partial charge in [-0.05, 0) is 0 Å². The smallest absolute Gasteiger partial charge is 0.184 e. The highest BCUT2D eigenvalue weighted by Gasteiger charge is 1.55. The van der Waals surface area contributed by atoms with Crippen molar-refractivity contribution in [3.05, 3.63) is 0 Å². The van der Waals surface area contributed by atoms with Gasteiger partial charge in [-0.3, -0.25) is 5.41 Å². The van der Waals surface area contributed by atoms with Crippen molar-refractivity contribution in [1.82, 2.24) is 0 Å². The summed E-state index contributed by atoms with van der Waals surface area (Å²) in [5.41, 5.74) is 4.86. The van der Waals surface area contributed by atoms with Crippen molar-refractivity contribution in [3.63, 3.8) is 0 Å². The molecule has 0 aromatic carbocycles. The zero-order valence-corrected chi connectivity index (χ0v) is 2.58. The lowest BCUT2D eigenvalue weighted by Crippen LogP contribution is -2.06. The molecule has 0 bridgehead atoms. The maximum absolute atomic E-state index is 6.28. The Morgan fingerprint density at radius 3 is 2.00 bits per heavy atom. The second kappa shape index (κ2) is 0.929. The Morgan fingerprint density at radius 2 is 2.00 bits per heavy atom. The molecule has 0 rings (SSSR count). The SMILES string of the molecule is BC(=N)N. The molecule has 0 spiro atoms. The van der Waals surface area contributed by atoms with Crippen molar-refractivity contribution in [1.29, 1.82) is 5.41 Å². The van der Waals surface area contributed by atoms with E-state index in [9.17, 15) is 0 Å². The third-order valence-electron chi connectivity index (χ3n) is 0. The van der Waals surface area contributed by atoms with Gasteiger partial charge < -0.3 is 5.73 Å². The Balaban J connectivity index is 2.80. The van der Waals surface area contributed by atoms with E-state index < -0.39 is 0 Å². The van der Waals surface area contributed by atoms with E-state index in [1.54, 1.807) is 0 Å². The molecular weight excluding hydrogens is 50.8 g/mol. The minimum absolute atomic E-state index is 0.167. The van der Waals surface area contributed by atoms with E-state index in [1.807, 2.05) is 0 Å². The summed E-state index contributed by atoms with van der Waals surface area (Å²) in [6.45, 7) is 0. The molecule has 2 nitrogen and oxygen atoms in total. The summed E-state index contributed by atoms with van der Waals surface area (Å²) in [7, 11) is 1.53. The van der Waals surface area contributed by atoms with Crippen LogP contribution in [-0.2, 0) is 0 Å². The minimum Gasteiger partial charge on any atom is -0.396 e. The Kier molecular flexibility index (Phi) is 0.821. The van der Waals surface area contributed by atoms with Crippen LogP contribution in [-0.4, -0.2) is 13.6 Å². The molecule has 22 valence electrons. The second-order valence-electron chi connectivity index (χ2n) is 0.683. The highest BCUT2D eigenvalue weighted by Crippen LogP contribution is 1.23. The van der Waals surface area contributed by atoms with E-state index in [-0.39, 0.29) is 5.73 Å². The lowest BCUT2D eigenvalue weighted by molar-refractivity contribution is 1.50. The normalized spacial score (nSPS) is 6.00. The predicted octanol–water partition coefficient (Wildman–Crippen LogP) is -1.49. The molecule has 0 heterocycles. The van der Waals surface area contributed by atoms with E-state index in [1.165, 1.54) is 7.85 Å². The molecule has 0 unspecified atom stereocenters. The second-order valence-corrected chi connectivity index (χ2v) is 0.683. The number of amidine groups is 1. The van der Waals surface area contributed by atoms with Crippen molar-refractivity contribution >= 4 is 13.6 Å². The number of hydrogen-bond donors (Lipinski definition) is 2. The fourth-order valence-electron chi connectivity index (χ4n) is 0. The molecule has 4 heavy (non-hydrogen) atoms. The van der Waals surface area contributed by atoms with Gasteiger partial charge in [-0.1, -0.05) is 0 Å². The van der Waals surface area contributed by atoms with Gasteiger partial charge in [-0.2, -0.15) is 0 Å². The molecule has 0 aliphatic heterocycles. The summed E-state index contributed by atoms with van der Waals surface area (Å²) in [5, 5.41) is 6.28. The third kappa shape index (κ3) is 2.03. The zero-order valence-electron chi connectivity index (χ0n) is 2.58. The molecule has 0 fully saturated rings. The summed E-state index contributed by atoms with van der Waals surface area (Å²) in [6.07, 6.45) is 0. The largest absolute Gasteiger partial charge is 0.396 e. The maximum Gasteiger partial charge on any atom is 0.184 e. The van der Waals surface area contributed by atoms with Gasteiger partial charge >= 0.3 is 0 Å². The van der Waals surface area contributed by atoms with Gasteiger partial charge in [-0.15, -0.1) is 0 Å². The van der Waals surface area contributed by atoms with E-state index in [4.69, 9.17) is 11.1 Å². The van der Waals surface area contributed by atoms with Crippen LogP contribution in [0.3, 0.4) is 0 Å². The van der Waals surface area contributed by atoms with Crippen LogP contribution in [0.25, 0.3) is 0 Å². The molecule has 0 aromatic rings. The van der Waals surface area contributed by atoms with Gasteiger partial charge in [0.1, 0.15) is 0 Å². The lowest BCUT2D eigenvalue weighted by atomic mass is 10.1. The van der Waals surface area contributed by atoms with Gasteiger partial charge in [0.15, 0.2) is 7.85 Å². The Hall–Kier alpha value is -0.465. The van der Waals surface area contributed by atoms with Gasteiger partial charge in [0, 0.05) is 5.73 Å². The molecule has 0 aliphatic carbocycles. The molecule has 0 radical (unpaired) electrons. The van der Waals surface area contributed by atoms with Crippen LogP contribution in [0.1, 0.15) is 0 Å². The monoisotopic (exact) mass is 56.1 g/mol. The predicted molar refractivity (Wildman–Crippen MR) is 20.5 cm³/mol. The van der Waals surface area contributed by atoms with Crippen molar-refractivity contribution in [3.8, 4) is 0 Å². The van der Waals surface area contributed by atoms with Gasteiger partial charge in [0.2, 0.25) is 0 Å². The molecule has 0 saturated carbocycles. The Morgan fingerprint density at radius 1 is 2.00 bits per heavy atom. The first-order valence-electron chi connectivity index (χ1n) is 1.04. The van der Waals surface area contributed by atoms with Crippen LogP contribution in [0.15, 0.2) is 0 Å². The highest BCUT2D eigenvalue weighted by molar-refractivity contribution is 6.57. The Labute approximate surface area is 25.9 Å². The average Bonchev–Trinajstić information content (AvgIpc) is 0.811. The van der Waals surface area contributed by atoms with E-state index in [0.29, 0.717) is 0 Å². The van der Waals surface area contributed by atoms with Crippen molar-refractivity contribution in [2.24, 2.45) is 5.73 Å². The molecule has 0 amide bonds. The van der Waals surface area contributed by atoms with E-state index in [0.717, 1.165) is 0 Å². The van der Waals surface area contributed by atoms with Crippen LogP contribution in [0, 0.1) is 5.41 Å².